The van der Waals surface area contributed by atoms with E-state index in [1.807, 2.05) is 9.80 Å². The Balaban J connectivity index is 0.00000162. The van der Waals surface area contributed by atoms with Crippen LogP contribution in [0.1, 0.15) is 19.8 Å². The molecule has 2 amide bonds. The van der Waals surface area contributed by atoms with Gasteiger partial charge in [0.2, 0.25) is 11.8 Å². The molecule has 0 spiro atoms. The molecule has 0 aromatic heterocycles. The lowest BCUT2D eigenvalue weighted by atomic mass is 9.98. The van der Waals surface area contributed by atoms with E-state index in [9.17, 15) is 9.59 Å². The first kappa shape index (κ1) is 15.2. The van der Waals surface area contributed by atoms with Crippen molar-refractivity contribution in [3.05, 3.63) is 0 Å². The van der Waals surface area contributed by atoms with E-state index in [2.05, 4.69) is 5.32 Å². The number of nitrogens with zero attached hydrogens (tertiary/aromatic N) is 2. The molecule has 0 radical (unpaired) electrons. The molecule has 5 nitrogen and oxygen atoms in total. The molecule has 2 heterocycles. The highest BCUT2D eigenvalue weighted by Gasteiger charge is 2.28. The Hall–Kier alpha value is -0.810. The Bertz CT molecular complexity index is 298. The second-order valence-corrected chi connectivity index (χ2v) is 4.87. The SMILES string of the molecule is CC(=O)N1CCN(C(=O)C2CCCNC2)CC1.Cl. The van der Waals surface area contributed by atoms with Crippen molar-refractivity contribution >= 4 is 24.2 Å². The fourth-order valence-electron chi connectivity index (χ4n) is 2.56. The van der Waals surface area contributed by atoms with Gasteiger partial charge in [-0.2, -0.15) is 0 Å². The number of hydrogen-bond donors (Lipinski definition) is 1. The molecule has 0 aliphatic carbocycles. The maximum atomic E-state index is 12.2. The van der Waals surface area contributed by atoms with Gasteiger partial charge in [-0.25, -0.2) is 0 Å². The van der Waals surface area contributed by atoms with Gasteiger partial charge in [-0.1, -0.05) is 0 Å². The second-order valence-electron chi connectivity index (χ2n) is 4.87. The molecule has 1 N–H and O–H groups in total. The third-order valence-electron chi connectivity index (χ3n) is 3.68. The van der Waals surface area contributed by atoms with E-state index >= 15 is 0 Å². The summed E-state index contributed by atoms with van der Waals surface area (Å²) in [5.41, 5.74) is 0. The van der Waals surface area contributed by atoms with Crippen LogP contribution in [0.2, 0.25) is 0 Å². The molecular formula is C12H22ClN3O2. The number of hydrogen-bond acceptors (Lipinski definition) is 3. The van der Waals surface area contributed by atoms with Gasteiger partial charge in [0.05, 0.1) is 5.92 Å². The Kier molecular flexibility index (Phi) is 5.88. The normalized spacial score (nSPS) is 24.4. The fraction of sp³-hybridized carbons (Fsp3) is 0.833. The first-order valence-electron chi connectivity index (χ1n) is 6.43. The van der Waals surface area contributed by atoms with E-state index in [0.717, 1.165) is 25.9 Å². The van der Waals surface area contributed by atoms with Gasteiger partial charge in [0, 0.05) is 39.6 Å². The molecule has 2 aliphatic heterocycles. The summed E-state index contributed by atoms with van der Waals surface area (Å²) >= 11 is 0. The number of rotatable bonds is 1. The van der Waals surface area contributed by atoms with Gasteiger partial charge < -0.3 is 15.1 Å². The fourth-order valence-corrected chi connectivity index (χ4v) is 2.56. The lowest BCUT2D eigenvalue weighted by Crippen LogP contribution is -2.53. The molecule has 1 atom stereocenters. The van der Waals surface area contributed by atoms with Crippen LogP contribution in [0, 0.1) is 5.92 Å². The first-order chi connectivity index (χ1) is 8.18. The standard InChI is InChI=1S/C12H21N3O2.ClH/c1-10(16)14-5-7-15(8-6-14)12(17)11-3-2-4-13-9-11;/h11,13H,2-9H2,1H3;1H. The minimum absolute atomic E-state index is 0. The van der Waals surface area contributed by atoms with Crippen molar-refractivity contribution in [3.63, 3.8) is 0 Å². The maximum absolute atomic E-state index is 12.2. The van der Waals surface area contributed by atoms with Gasteiger partial charge in [-0.05, 0) is 19.4 Å². The van der Waals surface area contributed by atoms with Crippen LogP contribution in [0.15, 0.2) is 0 Å². The molecule has 0 aromatic rings. The van der Waals surface area contributed by atoms with E-state index in [0.29, 0.717) is 26.2 Å². The van der Waals surface area contributed by atoms with Crippen molar-refractivity contribution in [3.8, 4) is 0 Å². The summed E-state index contributed by atoms with van der Waals surface area (Å²) in [5, 5.41) is 3.27. The zero-order chi connectivity index (χ0) is 12.3. The Labute approximate surface area is 114 Å². The van der Waals surface area contributed by atoms with Gasteiger partial charge in [0.25, 0.3) is 0 Å². The van der Waals surface area contributed by atoms with Gasteiger partial charge in [-0.15, -0.1) is 12.4 Å². The summed E-state index contributed by atoms with van der Waals surface area (Å²) in [6, 6.07) is 0. The molecule has 1 unspecified atom stereocenters. The summed E-state index contributed by atoms with van der Waals surface area (Å²) in [5.74, 6) is 0.518. The van der Waals surface area contributed by atoms with E-state index in [-0.39, 0.29) is 30.1 Å². The number of carbonyl (C=O) groups excluding carboxylic acids is 2. The van der Waals surface area contributed by atoms with Crippen LogP contribution in [0.4, 0.5) is 0 Å². The average Bonchev–Trinajstić information content (AvgIpc) is 2.39. The van der Waals surface area contributed by atoms with Crippen molar-refractivity contribution < 1.29 is 9.59 Å². The van der Waals surface area contributed by atoms with Gasteiger partial charge >= 0.3 is 0 Å². The van der Waals surface area contributed by atoms with Crippen LogP contribution in [-0.2, 0) is 9.59 Å². The molecule has 2 rings (SSSR count). The lowest BCUT2D eigenvalue weighted by molar-refractivity contribution is -0.141. The Morgan fingerprint density at radius 2 is 1.72 bits per heavy atom. The number of nitrogens with one attached hydrogen (secondary N) is 1. The average molecular weight is 276 g/mol. The largest absolute Gasteiger partial charge is 0.339 e. The minimum atomic E-state index is 0. The van der Waals surface area contributed by atoms with Gasteiger partial charge in [0.1, 0.15) is 0 Å². The molecule has 2 saturated heterocycles. The third-order valence-corrected chi connectivity index (χ3v) is 3.68. The van der Waals surface area contributed by atoms with Crippen molar-refractivity contribution in [2.45, 2.75) is 19.8 Å². The number of piperazine rings is 1. The number of carbonyl (C=O) groups is 2. The predicted molar refractivity (Wildman–Crippen MR) is 71.7 cm³/mol. The van der Waals surface area contributed by atoms with Crippen molar-refractivity contribution in [1.82, 2.24) is 15.1 Å². The molecule has 0 saturated carbocycles. The molecule has 18 heavy (non-hydrogen) atoms. The second kappa shape index (κ2) is 6.95. The van der Waals surface area contributed by atoms with E-state index in [1.165, 1.54) is 0 Å². The van der Waals surface area contributed by atoms with Crippen LogP contribution in [-0.4, -0.2) is 60.9 Å². The highest BCUT2D eigenvalue weighted by molar-refractivity contribution is 5.85. The van der Waals surface area contributed by atoms with Crippen LogP contribution in [0.3, 0.4) is 0 Å². The highest BCUT2D eigenvalue weighted by atomic mass is 35.5. The molecule has 6 heteroatoms. The Morgan fingerprint density at radius 1 is 1.11 bits per heavy atom. The first-order valence-corrected chi connectivity index (χ1v) is 6.43. The van der Waals surface area contributed by atoms with Crippen molar-refractivity contribution in [2.24, 2.45) is 5.92 Å². The third kappa shape index (κ3) is 3.59. The molecule has 104 valence electrons. The predicted octanol–water partition coefficient (Wildman–Crippen LogP) is 0.0985. The van der Waals surface area contributed by atoms with Crippen LogP contribution in [0.5, 0.6) is 0 Å². The quantitative estimate of drug-likeness (QED) is 0.738. The van der Waals surface area contributed by atoms with E-state index < -0.39 is 0 Å². The van der Waals surface area contributed by atoms with Crippen LogP contribution < -0.4 is 5.32 Å². The highest BCUT2D eigenvalue weighted by Crippen LogP contribution is 2.15. The summed E-state index contributed by atoms with van der Waals surface area (Å²) in [6.45, 7) is 6.17. The van der Waals surface area contributed by atoms with Crippen LogP contribution in [0.25, 0.3) is 0 Å². The smallest absolute Gasteiger partial charge is 0.227 e. The molecule has 0 aromatic carbocycles. The van der Waals surface area contributed by atoms with Gasteiger partial charge in [-0.3, -0.25) is 9.59 Å². The number of halogens is 1. The van der Waals surface area contributed by atoms with Crippen LogP contribution >= 0.6 is 12.4 Å². The molecule has 2 aliphatic rings. The number of piperidine rings is 1. The molecular weight excluding hydrogens is 254 g/mol. The minimum Gasteiger partial charge on any atom is -0.339 e. The lowest BCUT2D eigenvalue weighted by Gasteiger charge is -2.36. The summed E-state index contributed by atoms with van der Waals surface area (Å²) in [4.78, 5) is 27.1. The maximum Gasteiger partial charge on any atom is 0.227 e. The zero-order valence-corrected chi connectivity index (χ0v) is 11.7. The zero-order valence-electron chi connectivity index (χ0n) is 10.9. The van der Waals surface area contributed by atoms with Crippen molar-refractivity contribution in [1.29, 1.82) is 0 Å². The summed E-state index contributed by atoms with van der Waals surface area (Å²) in [6.07, 6.45) is 2.09. The Morgan fingerprint density at radius 3 is 2.22 bits per heavy atom. The monoisotopic (exact) mass is 275 g/mol. The summed E-state index contributed by atoms with van der Waals surface area (Å²) < 4.78 is 0. The summed E-state index contributed by atoms with van der Waals surface area (Å²) in [7, 11) is 0. The van der Waals surface area contributed by atoms with E-state index in [4.69, 9.17) is 0 Å². The molecule has 0 bridgehead atoms. The topological polar surface area (TPSA) is 52.7 Å². The van der Waals surface area contributed by atoms with Crippen molar-refractivity contribution in [2.75, 3.05) is 39.3 Å². The van der Waals surface area contributed by atoms with E-state index in [1.54, 1.807) is 6.92 Å². The molecule has 2 fully saturated rings. The van der Waals surface area contributed by atoms with Gasteiger partial charge in [0.15, 0.2) is 0 Å². The number of amides is 2.